The molecular formula is C24H24N2O7S. The van der Waals surface area contributed by atoms with Gasteiger partial charge in [0.05, 0.1) is 18.1 Å². The fourth-order valence-corrected chi connectivity index (χ4v) is 4.17. The minimum atomic E-state index is -0.546. The van der Waals surface area contributed by atoms with Crippen LogP contribution in [-0.2, 0) is 9.53 Å². The summed E-state index contributed by atoms with van der Waals surface area (Å²) in [6, 6.07) is 11.5. The second-order valence-electron chi connectivity index (χ2n) is 7.07. The van der Waals surface area contributed by atoms with Crippen LogP contribution in [0, 0.1) is 17.0 Å². The maximum Gasteiger partial charge on any atom is 0.341 e. The molecule has 0 saturated carbocycles. The Morgan fingerprint density at radius 1 is 1.03 bits per heavy atom. The predicted molar refractivity (Wildman–Crippen MR) is 129 cm³/mol. The predicted octanol–water partition coefficient (Wildman–Crippen LogP) is 5.22. The second-order valence-corrected chi connectivity index (χ2v) is 7.95. The van der Waals surface area contributed by atoms with Gasteiger partial charge in [-0.1, -0.05) is 12.1 Å². The lowest BCUT2D eigenvalue weighted by Gasteiger charge is -2.10. The van der Waals surface area contributed by atoms with Crippen molar-refractivity contribution in [3.05, 3.63) is 69.1 Å². The van der Waals surface area contributed by atoms with Gasteiger partial charge in [0.1, 0.15) is 22.1 Å². The quantitative estimate of drug-likeness (QED) is 0.238. The average molecular weight is 485 g/mol. The molecule has 0 aliphatic heterocycles. The number of carbonyl (C=O) groups is 2. The molecule has 1 aromatic heterocycles. The third kappa shape index (κ3) is 5.90. The van der Waals surface area contributed by atoms with E-state index in [1.54, 1.807) is 19.2 Å². The van der Waals surface area contributed by atoms with E-state index < -0.39 is 16.8 Å². The van der Waals surface area contributed by atoms with Crippen molar-refractivity contribution in [1.82, 2.24) is 0 Å². The van der Waals surface area contributed by atoms with Gasteiger partial charge < -0.3 is 19.5 Å². The molecule has 10 heteroatoms. The van der Waals surface area contributed by atoms with Crippen LogP contribution in [0.25, 0.3) is 11.1 Å². The monoisotopic (exact) mass is 484 g/mol. The molecule has 0 aliphatic rings. The summed E-state index contributed by atoms with van der Waals surface area (Å²) < 4.78 is 16.1. The molecule has 34 heavy (non-hydrogen) atoms. The summed E-state index contributed by atoms with van der Waals surface area (Å²) in [5.74, 6) is 0.00735. The highest BCUT2D eigenvalue weighted by atomic mass is 32.1. The number of hydrogen-bond acceptors (Lipinski definition) is 8. The largest absolute Gasteiger partial charge is 0.494 e. The molecule has 0 saturated heterocycles. The number of rotatable bonds is 10. The Balaban J connectivity index is 1.77. The van der Waals surface area contributed by atoms with Crippen molar-refractivity contribution in [2.75, 3.05) is 25.1 Å². The molecule has 0 atom stereocenters. The Kier molecular flexibility index (Phi) is 8.20. The first-order chi connectivity index (χ1) is 16.3. The lowest BCUT2D eigenvalue weighted by molar-refractivity contribution is -0.385. The third-order valence-corrected chi connectivity index (χ3v) is 5.63. The van der Waals surface area contributed by atoms with Crippen LogP contribution in [0.4, 0.5) is 10.7 Å². The zero-order chi connectivity index (χ0) is 24.7. The highest BCUT2D eigenvalue weighted by Gasteiger charge is 2.23. The first-order valence-corrected chi connectivity index (χ1v) is 11.4. The van der Waals surface area contributed by atoms with Gasteiger partial charge in [-0.15, -0.1) is 11.3 Å². The van der Waals surface area contributed by atoms with Gasteiger partial charge in [0, 0.05) is 22.6 Å². The summed E-state index contributed by atoms with van der Waals surface area (Å²) in [5, 5.41) is 15.8. The van der Waals surface area contributed by atoms with Gasteiger partial charge in [-0.05, 0) is 50.6 Å². The molecule has 178 valence electrons. The molecular weight excluding hydrogens is 460 g/mol. The van der Waals surface area contributed by atoms with Gasteiger partial charge in [-0.25, -0.2) is 4.79 Å². The van der Waals surface area contributed by atoms with Gasteiger partial charge in [0.15, 0.2) is 6.61 Å². The summed E-state index contributed by atoms with van der Waals surface area (Å²) in [6.45, 7) is 5.59. The first kappa shape index (κ1) is 24.7. The van der Waals surface area contributed by atoms with Crippen LogP contribution in [0.1, 0.15) is 29.8 Å². The number of thiophene rings is 1. The second kappa shape index (κ2) is 11.3. The number of nitrogens with zero attached hydrogens (tertiary/aromatic N) is 1. The van der Waals surface area contributed by atoms with Crippen molar-refractivity contribution >= 4 is 33.9 Å². The van der Waals surface area contributed by atoms with Crippen LogP contribution >= 0.6 is 11.3 Å². The fourth-order valence-electron chi connectivity index (χ4n) is 3.20. The van der Waals surface area contributed by atoms with Crippen LogP contribution in [0.2, 0.25) is 0 Å². The molecule has 0 fully saturated rings. The number of ether oxygens (including phenoxy) is 3. The zero-order valence-corrected chi connectivity index (χ0v) is 19.8. The van der Waals surface area contributed by atoms with E-state index in [9.17, 15) is 19.7 Å². The number of nitro groups is 1. The van der Waals surface area contributed by atoms with Crippen LogP contribution in [0.15, 0.2) is 47.8 Å². The van der Waals surface area contributed by atoms with Gasteiger partial charge in [0.25, 0.3) is 11.6 Å². The van der Waals surface area contributed by atoms with E-state index in [0.717, 1.165) is 5.56 Å². The van der Waals surface area contributed by atoms with Crippen molar-refractivity contribution in [2.45, 2.75) is 20.8 Å². The average Bonchev–Trinajstić information content (AvgIpc) is 3.22. The van der Waals surface area contributed by atoms with E-state index in [1.807, 2.05) is 31.2 Å². The van der Waals surface area contributed by atoms with Crippen LogP contribution in [-0.4, -0.2) is 36.6 Å². The summed E-state index contributed by atoms with van der Waals surface area (Å²) in [5.41, 5.74) is 2.06. The van der Waals surface area contributed by atoms with Gasteiger partial charge in [0.2, 0.25) is 0 Å². The lowest BCUT2D eigenvalue weighted by atomic mass is 10.0. The molecule has 3 aromatic rings. The van der Waals surface area contributed by atoms with Gasteiger partial charge in [-0.2, -0.15) is 0 Å². The Morgan fingerprint density at radius 3 is 2.35 bits per heavy atom. The van der Waals surface area contributed by atoms with E-state index >= 15 is 0 Å². The Labute approximate surface area is 200 Å². The fraction of sp³-hybridized carbons (Fsp3) is 0.250. The number of nitrogens with one attached hydrogen (secondary N) is 1. The molecule has 0 bridgehead atoms. The van der Waals surface area contributed by atoms with Crippen LogP contribution in [0.5, 0.6) is 11.5 Å². The molecule has 9 nitrogen and oxygen atoms in total. The molecule has 0 spiro atoms. The number of benzene rings is 2. The number of amides is 1. The molecule has 0 unspecified atom stereocenters. The maximum atomic E-state index is 12.7. The normalized spacial score (nSPS) is 10.4. The minimum Gasteiger partial charge on any atom is -0.494 e. The smallest absolute Gasteiger partial charge is 0.341 e. The number of anilines is 1. The van der Waals surface area contributed by atoms with Crippen molar-refractivity contribution in [2.24, 2.45) is 0 Å². The van der Waals surface area contributed by atoms with E-state index in [0.29, 0.717) is 34.2 Å². The number of aryl methyl sites for hydroxylation is 1. The number of hydrogen-bond donors (Lipinski definition) is 1. The molecule has 1 N–H and O–H groups in total. The SMILES string of the molecule is CCOC(=O)c1c(-c2ccc(OCC)cc2)csc1NC(=O)COc1ccc([N+](=O)[O-])c(C)c1. The molecule has 2 aromatic carbocycles. The van der Waals surface area contributed by atoms with Gasteiger partial charge in [-0.3, -0.25) is 14.9 Å². The molecule has 0 radical (unpaired) electrons. The van der Waals surface area contributed by atoms with Crippen LogP contribution < -0.4 is 14.8 Å². The van der Waals surface area contributed by atoms with Gasteiger partial charge >= 0.3 is 5.97 Å². The highest BCUT2D eigenvalue weighted by molar-refractivity contribution is 7.15. The lowest BCUT2D eigenvalue weighted by Crippen LogP contribution is -2.21. The van der Waals surface area contributed by atoms with Crippen molar-refractivity contribution in [3.63, 3.8) is 0 Å². The van der Waals surface area contributed by atoms with E-state index in [4.69, 9.17) is 14.2 Å². The topological polar surface area (TPSA) is 117 Å². The summed E-state index contributed by atoms with van der Waals surface area (Å²) in [6.07, 6.45) is 0. The summed E-state index contributed by atoms with van der Waals surface area (Å²) >= 11 is 1.20. The van der Waals surface area contributed by atoms with Crippen LogP contribution in [0.3, 0.4) is 0 Å². The van der Waals surface area contributed by atoms with Crippen molar-refractivity contribution in [1.29, 1.82) is 0 Å². The van der Waals surface area contributed by atoms with Crippen molar-refractivity contribution < 1.29 is 28.7 Å². The third-order valence-electron chi connectivity index (χ3n) is 4.73. The number of nitro benzene ring substituents is 1. The van der Waals surface area contributed by atoms with E-state index in [1.165, 1.54) is 29.5 Å². The Morgan fingerprint density at radius 2 is 1.74 bits per heavy atom. The van der Waals surface area contributed by atoms with E-state index in [2.05, 4.69) is 5.32 Å². The highest BCUT2D eigenvalue weighted by Crippen LogP contribution is 2.37. The minimum absolute atomic E-state index is 0.0312. The Bertz CT molecular complexity index is 1190. The zero-order valence-electron chi connectivity index (χ0n) is 19.0. The number of esters is 1. The molecule has 3 rings (SSSR count). The summed E-state index contributed by atoms with van der Waals surface area (Å²) in [4.78, 5) is 35.7. The molecule has 1 heterocycles. The number of carbonyl (C=O) groups excluding carboxylic acids is 2. The maximum absolute atomic E-state index is 12.7. The summed E-state index contributed by atoms with van der Waals surface area (Å²) in [7, 11) is 0. The molecule has 0 aliphatic carbocycles. The van der Waals surface area contributed by atoms with E-state index in [-0.39, 0.29) is 24.5 Å². The van der Waals surface area contributed by atoms with Crippen molar-refractivity contribution in [3.8, 4) is 22.6 Å². The molecule has 1 amide bonds. The standard InChI is InChI=1S/C24H24N2O7S/c1-4-31-17-8-6-16(7-9-17)19-14-34-23(22(19)24(28)32-5-2)25-21(27)13-33-18-10-11-20(26(29)30)15(3)12-18/h6-12,14H,4-5,13H2,1-3H3,(H,25,27). The Hall–Kier alpha value is -3.92. The first-order valence-electron chi connectivity index (χ1n) is 10.5.